The van der Waals surface area contributed by atoms with Crippen molar-refractivity contribution >= 4 is 11.3 Å². The van der Waals surface area contributed by atoms with Crippen LogP contribution in [0.4, 0.5) is 0 Å². The van der Waals surface area contributed by atoms with Crippen molar-refractivity contribution in [2.45, 2.75) is 25.4 Å². The van der Waals surface area contributed by atoms with Gasteiger partial charge in [0.2, 0.25) is 11.7 Å². The second-order valence-electron chi connectivity index (χ2n) is 5.70. The van der Waals surface area contributed by atoms with Crippen LogP contribution in [0.25, 0.3) is 11.4 Å². The highest BCUT2D eigenvalue weighted by molar-refractivity contribution is 7.09. The molecule has 7 heteroatoms. The van der Waals surface area contributed by atoms with Gasteiger partial charge in [0.1, 0.15) is 5.01 Å². The molecule has 0 saturated carbocycles. The Bertz CT molecular complexity index is 867. The van der Waals surface area contributed by atoms with Crippen molar-refractivity contribution < 1.29 is 4.52 Å². The lowest BCUT2D eigenvalue weighted by Gasteiger charge is -2.19. The minimum atomic E-state index is 0.134. The molecule has 1 aliphatic heterocycles. The number of nitrogens with zero attached hydrogens (tertiary/aromatic N) is 5. The Labute approximate surface area is 143 Å². The highest BCUT2D eigenvalue weighted by Gasteiger charge is 2.31. The van der Waals surface area contributed by atoms with Crippen LogP contribution in [0.2, 0.25) is 0 Å². The third-order valence-corrected chi connectivity index (χ3v) is 4.93. The van der Waals surface area contributed by atoms with Crippen molar-refractivity contribution in [1.29, 1.82) is 5.26 Å². The van der Waals surface area contributed by atoms with E-state index in [-0.39, 0.29) is 6.04 Å². The minimum absolute atomic E-state index is 0.134. The van der Waals surface area contributed by atoms with Gasteiger partial charge in [-0.05, 0) is 31.5 Å². The molecule has 1 aromatic carbocycles. The number of aromatic nitrogens is 3. The number of thiazole rings is 1. The summed E-state index contributed by atoms with van der Waals surface area (Å²) >= 11 is 1.66. The van der Waals surface area contributed by atoms with E-state index in [1.165, 1.54) is 0 Å². The Kier molecular flexibility index (Phi) is 4.07. The normalized spacial score (nSPS) is 17.9. The average molecular weight is 337 g/mol. The minimum Gasteiger partial charge on any atom is -0.337 e. The molecular formula is C17H15N5OS. The van der Waals surface area contributed by atoms with Crippen molar-refractivity contribution in [3.63, 3.8) is 0 Å². The number of rotatable bonds is 4. The van der Waals surface area contributed by atoms with Gasteiger partial charge in [0.15, 0.2) is 0 Å². The van der Waals surface area contributed by atoms with Crippen LogP contribution in [0, 0.1) is 11.3 Å². The van der Waals surface area contributed by atoms with Crippen LogP contribution in [-0.4, -0.2) is 26.6 Å². The molecular weight excluding hydrogens is 322 g/mol. The first-order valence-corrected chi connectivity index (χ1v) is 8.68. The van der Waals surface area contributed by atoms with E-state index in [1.54, 1.807) is 23.5 Å². The van der Waals surface area contributed by atoms with Gasteiger partial charge in [0.25, 0.3) is 0 Å². The Balaban J connectivity index is 1.56. The van der Waals surface area contributed by atoms with Crippen molar-refractivity contribution in [2.24, 2.45) is 0 Å². The molecule has 0 bridgehead atoms. The Morgan fingerprint density at radius 1 is 1.42 bits per heavy atom. The van der Waals surface area contributed by atoms with Gasteiger partial charge in [-0.3, -0.25) is 4.90 Å². The molecule has 6 nitrogen and oxygen atoms in total. The van der Waals surface area contributed by atoms with Crippen LogP contribution in [0.15, 0.2) is 40.4 Å². The molecule has 1 aliphatic rings. The zero-order valence-corrected chi connectivity index (χ0v) is 13.7. The van der Waals surface area contributed by atoms with E-state index in [1.807, 2.05) is 23.7 Å². The van der Waals surface area contributed by atoms with Gasteiger partial charge >= 0.3 is 0 Å². The number of nitriles is 1. The zero-order chi connectivity index (χ0) is 16.4. The molecule has 2 aromatic heterocycles. The third kappa shape index (κ3) is 2.94. The lowest BCUT2D eigenvalue weighted by atomic mass is 10.1. The Hall–Kier alpha value is -2.56. The van der Waals surface area contributed by atoms with Gasteiger partial charge in [0, 0.05) is 17.1 Å². The molecule has 1 fully saturated rings. The van der Waals surface area contributed by atoms with Gasteiger partial charge in [-0.2, -0.15) is 10.2 Å². The van der Waals surface area contributed by atoms with E-state index in [0.29, 0.717) is 17.3 Å². The summed E-state index contributed by atoms with van der Waals surface area (Å²) in [6.07, 6.45) is 3.95. The van der Waals surface area contributed by atoms with Crippen LogP contribution in [-0.2, 0) is 6.54 Å². The van der Waals surface area contributed by atoms with E-state index in [0.717, 1.165) is 36.5 Å². The first kappa shape index (κ1) is 15.0. The van der Waals surface area contributed by atoms with Crippen LogP contribution >= 0.6 is 11.3 Å². The Morgan fingerprint density at radius 3 is 3.21 bits per heavy atom. The highest BCUT2D eigenvalue weighted by Crippen LogP contribution is 2.33. The molecule has 0 amide bonds. The van der Waals surface area contributed by atoms with E-state index in [2.05, 4.69) is 26.1 Å². The second-order valence-corrected chi connectivity index (χ2v) is 6.68. The summed E-state index contributed by atoms with van der Waals surface area (Å²) in [7, 11) is 0. The van der Waals surface area contributed by atoms with E-state index in [9.17, 15) is 0 Å². The monoisotopic (exact) mass is 337 g/mol. The molecule has 1 atom stereocenters. The van der Waals surface area contributed by atoms with Gasteiger partial charge < -0.3 is 4.52 Å². The predicted molar refractivity (Wildman–Crippen MR) is 88.9 cm³/mol. The largest absolute Gasteiger partial charge is 0.337 e. The molecule has 1 saturated heterocycles. The molecule has 0 unspecified atom stereocenters. The molecule has 4 rings (SSSR count). The van der Waals surface area contributed by atoms with E-state index in [4.69, 9.17) is 9.78 Å². The van der Waals surface area contributed by atoms with Crippen LogP contribution in [0.3, 0.4) is 0 Å². The van der Waals surface area contributed by atoms with Gasteiger partial charge in [-0.1, -0.05) is 17.3 Å². The lowest BCUT2D eigenvalue weighted by molar-refractivity contribution is 0.201. The summed E-state index contributed by atoms with van der Waals surface area (Å²) in [4.78, 5) is 11.3. The number of hydrogen-bond donors (Lipinski definition) is 0. The number of likely N-dealkylation sites (tertiary alicyclic amines) is 1. The molecule has 120 valence electrons. The molecule has 3 heterocycles. The lowest BCUT2D eigenvalue weighted by Crippen LogP contribution is -2.22. The fraction of sp³-hybridized carbons (Fsp3) is 0.294. The van der Waals surface area contributed by atoms with Crippen LogP contribution in [0.1, 0.15) is 35.3 Å². The fourth-order valence-corrected chi connectivity index (χ4v) is 3.66. The van der Waals surface area contributed by atoms with Crippen molar-refractivity contribution in [3.8, 4) is 17.5 Å². The van der Waals surface area contributed by atoms with Gasteiger partial charge in [-0.15, -0.1) is 11.3 Å². The van der Waals surface area contributed by atoms with Crippen molar-refractivity contribution in [1.82, 2.24) is 20.0 Å². The molecule has 0 radical (unpaired) electrons. The molecule has 0 N–H and O–H groups in total. The average Bonchev–Trinajstić information content (AvgIpc) is 3.36. The molecule has 0 spiro atoms. The topological polar surface area (TPSA) is 78.8 Å². The quantitative estimate of drug-likeness (QED) is 0.726. The first-order chi connectivity index (χ1) is 11.8. The van der Waals surface area contributed by atoms with E-state index < -0.39 is 0 Å². The summed E-state index contributed by atoms with van der Waals surface area (Å²) in [5.74, 6) is 1.17. The number of hydrogen-bond acceptors (Lipinski definition) is 7. The standard InChI is InChI=1S/C17H15N5OS/c18-10-12-3-1-4-13(9-12)16-20-17(23-21-16)14-5-2-7-22(14)11-15-19-6-8-24-15/h1,3-4,6,8-9,14H,2,5,7,11H2/t14-/m1/s1. The summed E-state index contributed by atoms with van der Waals surface area (Å²) in [6, 6.07) is 9.51. The van der Waals surface area contributed by atoms with Gasteiger partial charge in [-0.25, -0.2) is 4.98 Å². The third-order valence-electron chi connectivity index (χ3n) is 4.16. The summed E-state index contributed by atoms with van der Waals surface area (Å²) in [5.41, 5.74) is 1.39. The first-order valence-electron chi connectivity index (χ1n) is 7.80. The van der Waals surface area contributed by atoms with Gasteiger partial charge in [0.05, 0.1) is 24.2 Å². The molecule has 0 aliphatic carbocycles. The SMILES string of the molecule is N#Cc1cccc(-c2noc([C@H]3CCCN3Cc3nccs3)n2)c1. The maximum absolute atomic E-state index is 9.02. The summed E-state index contributed by atoms with van der Waals surface area (Å²) in [5, 5.41) is 16.2. The second kappa shape index (κ2) is 6.51. The smallest absolute Gasteiger partial charge is 0.244 e. The summed E-state index contributed by atoms with van der Waals surface area (Å²) in [6.45, 7) is 1.82. The van der Waals surface area contributed by atoms with Crippen molar-refractivity contribution in [2.75, 3.05) is 6.54 Å². The zero-order valence-electron chi connectivity index (χ0n) is 12.9. The number of benzene rings is 1. The Morgan fingerprint density at radius 2 is 2.38 bits per heavy atom. The maximum atomic E-state index is 9.02. The van der Waals surface area contributed by atoms with Crippen LogP contribution in [0.5, 0.6) is 0 Å². The van der Waals surface area contributed by atoms with Crippen LogP contribution < -0.4 is 0 Å². The van der Waals surface area contributed by atoms with Crippen molar-refractivity contribution in [3.05, 3.63) is 52.3 Å². The fourth-order valence-electron chi connectivity index (χ4n) is 3.02. The summed E-state index contributed by atoms with van der Waals surface area (Å²) < 4.78 is 5.52. The molecule has 24 heavy (non-hydrogen) atoms. The highest BCUT2D eigenvalue weighted by atomic mass is 32.1. The van der Waals surface area contributed by atoms with E-state index >= 15 is 0 Å². The molecule has 3 aromatic rings. The predicted octanol–water partition coefficient (Wildman–Crippen LogP) is 3.40. The maximum Gasteiger partial charge on any atom is 0.244 e.